The molecule has 114 valence electrons. The molecule has 0 radical (unpaired) electrons. The molecule has 5 nitrogen and oxygen atoms in total. The van der Waals surface area contributed by atoms with Gasteiger partial charge in [0.15, 0.2) is 0 Å². The Morgan fingerprint density at radius 1 is 0.955 bits per heavy atom. The van der Waals surface area contributed by atoms with Gasteiger partial charge in [0.05, 0.1) is 15.1 Å². The summed E-state index contributed by atoms with van der Waals surface area (Å²) in [6.07, 6.45) is 1.04. The number of aromatic nitrogens is 1. The molecule has 0 aliphatic heterocycles. The molecule has 0 saturated heterocycles. The molecule has 2 rings (SSSR count). The summed E-state index contributed by atoms with van der Waals surface area (Å²) in [5, 5.41) is 6.19. The summed E-state index contributed by atoms with van der Waals surface area (Å²) in [5.74, 6) is -0.658. The lowest BCUT2D eigenvalue weighted by atomic mass is 10.3. The molecule has 8 heteroatoms. The van der Waals surface area contributed by atoms with Gasteiger partial charge in [0.1, 0.15) is 12.2 Å². The Labute approximate surface area is 141 Å². The van der Waals surface area contributed by atoms with Gasteiger partial charge in [-0.25, -0.2) is 4.98 Å². The fourth-order valence-corrected chi connectivity index (χ4v) is 1.97. The van der Waals surface area contributed by atoms with Crippen LogP contribution in [0.5, 0.6) is 0 Å². The minimum Gasteiger partial charge on any atom is -0.326 e. The van der Waals surface area contributed by atoms with Gasteiger partial charge in [-0.15, -0.1) is 0 Å². The predicted octanol–water partition coefficient (Wildman–Crippen LogP) is 4.01. The summed E-state index contributed by atoms with van der Waals surface area (Å²) in [6, 6.07) is 7.76. The van der Waals surface area contributed by atoms with Crippen molar-refractivity contribution < 1.29 is 9.59 Å². The maximum absolute atomic E-state index is 11.8. The van der Waals surface area contributed by atoms with Gasteiger partial charge in [0, 0.05) is 11.9 Å². The van der Waals surface area contributed by atoms with Gasteiger partial charge in [-0.1, -0.05) is 34.8 Å². The SMILES string of the molecule is O=C(CC(=O)Nc1ccc(Cl)cn1)Nc1ccc(Cl)c(Cl)c1. The third-order valence-corrected chi connectivity index (χ3v) is 3.48. The Hall–Kier alpha value is -1.82. The van der Waals surface area contributed by atoms with Crippen LogP contribution in [0.4, 0.5) is 11.5 Å². The van der Waals surface area contributed by atoms with Crippen molar-refractivity contribution in [3.8, 4) is 0 Å². The average molecular weight is 359 g/mol. The normalized spacial score (nSPS) is 10.1. The van der Waals surface area contributed by atoms with E-state index in [4.69, 9.17) is 34.8 Å². The summed E-state index contributed by atoms with van der Waals surface area (Å²) < 4.78 is 0. The summed E-state index contributed by atoms with van der Waals surface area (Å²) >= 11 is 17.3. The predicted molar refractivity (Wildman–Crippen MR) is 87.6 cm³/mol. The zero-order chi connectivity index (χ0) is 16.1. The molecule has 0 unspecified atom stereocenters. The highest BCUT2D eigenvalue weighted by atomic mass is 35.5. The van der Waals surface area contributed by atoms with E-state index in [-0.39, 0.29) is 6.42 Å². The molecule has 2 aromatic rings. The van der Waals surface area contributed by atoms with Crippen molar-refractivity contribution >= 4 is 58.1 Å². The number of hydrogen-bond acceptors (Lipinski definition) is 3. The Morgan fingerprint density at radius 2 is 1.68 bits per heavy atom. The van der Waals surface area contributed by atoms with E-state index in [0.29, 0.717) is 26.6 Å². The lowest BCUT2D eigenvalue weighted by Gasteiger charge is -2.07. The first-order valence-electron chi connectivity index (χ1n) is 6.10. The molecular weight excluding hydrogens is 349 g/mol. The third-order valence-electron chi connectivity index (χ3n) is 2.52. The van der Waals surface area contributed by atoms with Crippen LogP contribution in [0, 0.1) is 0 Å². The van der Waals surface area contributed by atoms with E-state index in [1.165, 1.54) is 18.3 Å². The van der Waals surface area contributed by atoms with Crippen molar-refractivity contribution in [2.45, 2.75) is 6.42 Å². The van der Waals surface area contributed by atoms with E-state index in [2.05, 4.69) is 15.6 Å². The second-order valence-corrected chi connectivity index (χ2v) is 5.51. The minimum atomic E-state index is -0.493. The highest BCUT2D eigenvalue weighted by molar-refractivity contribution is 6.42. The van der Waals surface area contributed by atoms with Gasteiger partial charge in [0.25, 0.3) is 0 Å². The highest BCUT2D eigenvalue weighted by Gasteiger charge is 2.11. The van der Waals surface area contributed by atoms with Gasteiger partial charge in [-0.3, -0.25) is 9.59 Å². The molecule has 1 aromatic heterocycles. The second kappa shape index (κ2) is 7.45. The van der Waals surface area contributed by atoms with Crippen LogP contribution in [0.2, 0.25) is 15.1 Å². The number of pyridine rings is 1. The number of nitrogens with one attached hydrogen (secondary N) is 2. The van der Waals surface area contributed by atoms with Crippen molar-refractivity contribution in [3.63, 3.8) is 0 Å². The number of halogens is 3. The topological polar surface area (TPSA) is 71.1 Å². The third kappa shape index (κ3) is 4.87. The molecule has 0 spiro atoms. The van der Waals surface area contributed by atoms with E-state index in [1.54, 1.807) is 18.2 Å². The monoisotopic (exact) mass is 357 g/mol. The number of nitrogens with zero attached hydrogens (tertiary/aromatic N) is 1. The molecule has 0 saturated carbocycles. The molecule has 2 N–H and O–H groups in total. The number of amides is 2. The van der Waals surface area contributed by atoms with Crippen LogP contribution in [0.15, 0.2) is 36.5 Å². The van der Waals surface area contributed by atoms with E-state index in [1.807, 2.05) is 0 Å². The zero-order valence-corrected chi connectivity index (χ0v) is 13.3. The van der Waals surface area contributed by atoms with Gasteiger partial charge >= 0.3 is 0 Å². The van der Waals surface area contributed by atoms with Crippen LogP contribution in [-0.2, 0) is 9.59 Å². The van der Waals surface area contributed by atoms with E-state index in [0.717, 1.165) is 0 Å². The van der Waals surface area contributed by atoms with E-state index in [9.17, 15) is 9.59 Å². The summed E-state index contributed by atoms with van der Waals surface area (Å²) in [6.45, 7) is 0. The van der Waals surface area contributed by atoms with Crippen molar-refractivity contribution in [2.75, 3.05) is 10.6 Å². The average Bonchev–Trinajstić information content (AvgIpc) is 2.45. The van der Waals surface area contributed by atoms with Crippen LogP contribution in [0.3, 0.4) is 0 Å². The summed E-state index contributed by atoms with van der Waals surface area (Å²) in [4.78, 5) is 27.4. The van der Waals surface area contributed by atoms with Gasteiger partial charge in [-0.2, -0.15) is 0 Å². The van der Waals surface area contributed by atoms with Crippen LogP contribution in [0.1, 0.15) is 6.42 Å². The van der Waals surface area contributed by atoms with Crippen molar-refractivity contribution in [3.05, 3.63) is 51.6 Å². The van der Waals surface area contributed by atoms with Gasteiger partial charge < -0.3 is 10.6 Å². The molecule has 0 fully saturated rings. The van der Waals surface area contributed by atoms with Gasteiger partial charge in [-0.05, 0) is 30.3 Å². The number of rotatable bonds is 4. The fourth-order valence-electron chi connectivity index (χ4n) is 1.56. The molecule has 0 aliphatic rings. The second-order valence-electron chi connectivity index (χ2n) is 4.26. The Bertz CT molecular complexity index is 705. The number of carbonyl (C=O) groups excluding carboxylic acids is 2. The number of anilines is 2. The van der Waals surface area contributed by atoms with Crippen LogP contribution >= 0.6 is 34.8 Å². The molecule has 0 bridgehead atoms. The first-order valence-corrected chi connectivity index (χ1v) is 7.24. The lowest BCUT2D eigenvalue weighted by Crippen LogP contribution is -2.21. The molecule has 2 amide bonds. The largest absolute Gasteiger partial charge is 0.326 e. The van der Waals surface area contributed by atoms with Gasteiger partial charge in [0.2, 0.25) is 11.8 Å². The lowest BCUT2D eigenvalue weighted by molar-refractivity contribution is -0.123. The quantitative estimate of drug-likeness (QED) is 0.811. The first-order chi connectivity index (χ1) is 10.4. The molecule has 22 heavy (non-hydrogen) atoms. The smallest absolute Gasteiger partial charge is 0.234 e. The highest BCUT2D eigenvalue weighted by Crippen LogP contribution is 2.25. The van der Waals surface area contributed by atoms with Crippen molar-refractivity contribution in [2.24, 2.45) is 0 Å². The minimum absolute atomic E-state index is 0.314. The molecular formula is C14H10Cl3N3O2. The maximum Gasteiger partial charge on any atom is 0.234 e. The molecule has 0 atom stereocenters. The Balaban J connectivity index is 1.89. The number of hydrogen-bond donors (Lipinski definition) is 2. The fraction of sp³-hybridized carbons (Fsp3) is 0.0714. The summed E-state index contributed by atoms with van der Waals surface area (Å²) in [7, 11) is 0. The summed E-state index contributed by atoms with van der Waals surface area (Å²) in [5.41, 5.74) is 0.455. The molecule has 1 aromatic carbocycles. The molecule has 0 aliphatic carbocycles. The number of benzene rings is 1. The van der Waals surface area contributed by atoms with Crippen LogP contribution in [0.25, 0.3) is 0 Å². The zero-order valence-electron chi connectivity index (χ0n) is 11.1. The van der Waals surface area contributed by atoms with E-state index >= 15 is 0 Å². The maximum atomic E-state index is 11.8. The van der Waals surface area contributed by atoms with Crippen molar-refractivity contribution in [1.82, 2.24) is 4.98 Å². The van der Waals surface area contributed by atoms with Crippen LogP contribution < -0.4 is 10.6 Å². The number of carbonyl (C=O) groups is 2. The Kier molecular flexibility index (Phi) is 5.60. The van der Waals surface area contributed by atoms with Crippen molar-refractivity contribution in [1.29, 1.82) is 0 Å². The first kappa shape index (κ1) is 16.5. The van der Waals surface area contributed by atoms with Crippen LogP contribution in [-0.4, -0.2) is 16.8 Å². The standard InChI is InChI=1S/C14H10Cl3N3O2/c15-8-1-4-12(18-7-8)20-14(22)6-13(21)19-9-2-3-10(16)11(17)5-9/h1-5,7H,6H2,(H,19,21)(H,18,20,22). The Morgan fingerprint density at radius 3 is 2.32 bits per heavy atom. The van der Waals surface area contributed by atoms with E-state index < -0.39 is 11.8 Å². The molecule has 1 heterocycles.